The number of aliphatic hydroxyl groups is 1. The van der Waals surface area contributed by atoms with E-state index in [1.165, 1.54) is 13.8 Å². The lowest BCUT2D eigenvalue weighted by atomic mass is 9.96. The Morgan fingerprint density at radius 1 is 1.21 bits per heavy atom. The summed E-state index contributed by atoms with van der Waals surface area (Å²) in [6.45, 7) is 5.14. The van der Waals surface area contributed by atoms with Gasteiger partial charge < -0.3 is 19.6 Å². The minimum atomic E-state index is -0.571. The highest BCUT2D eigenvalue weighted by Gasteiger charge is 2.20. The molecule has 0 heterocycles. The number of ketones is 1. The van der Waals surface area contributed by atoms with Gasteiger partial charge in [0.2, 0.25) is 5.78 Å². The van der Waals surface area contributed by atoms with E-state index in [9.17, 15) is 9.59 Å². The van der Waals surface area contributed by atoms with Crippen LogP contribution >= 0.6 is 0 Å². The summed E-state index contributed by atoms with van der Waals surface area (Å²) < 4.78 is 5.50. The monoisotopic (exact) mass is 386 g/mol. The lowest BCUT2D eigenvalue weighted by molar-refractivity contribution is -0.140. The molecule has 2 rings (SSSR count). The molecule has 0 fully saturated rings. The van der Waals surface area contributed by atoms with Crippen molar-refractivity contribution in [3.05, 3.63) is 53.4 Å². The number of carbonyl (C=O) groups excluding carboxylic acids is 2. The molecule has 0 radical (unpaired) electrons. The third kappa shape index (κ3) is 5.53. The van der Waals surface area contributed by atoms with Crippen LogP contribution in [-0.2, 0) is 14.4 Å². The highest BCUT2D eigenvalue weighted by Crippen LogP contribution is 2.30. The minimum Gasteiger partial charge on any atom is -0.496 e. The predicted molar refractivity (Wildman–Crippen MR) is 107 cm³/mol. The zero-order chi connectivity index (χ0) is 20.7. The topological polar surface area (TPSA) is 88.4 Å². The molecule has 150 valence electrons. The fourth-order valence-corrected chi connectivity index (χ4v) is 2.91. The van der Waals surface area contributed by atoms with E-state index >= 15 is 0 Å². The molecule has 1 aromatic carbocycles. The Kier molecular flexibility index (Phi) is 7.52. The summed E-state index contributed by atoms with van der Waals surface area (Å²) in [6.07, 6.45) is 4.70. The Hall–Kier alpha value is -2.93. The SMILES string of the molecule is CC(=O)O/N=C(\C)C(=O)c1ccc(N(C)C2=CC=C(OCCO)CC2C)cc1. The van der Waals surface area contributed by atoms with Crippen LogP contribution < -0.4 is 4.90 Å². The van der Waals surface area contributed by atoms with E-state index in [1.807, 2.05) is 31.3 Å². The first-order valence-electron chi connectivity index (χ1n) is 9.08. The first kappa shape index (κ1) is 21.4. The second-order valence-corrected chi connectivity index (χ2v) is 6.60. The lowest BCUT2D eigenvalue weighted by Crippen LogP contribution is -2.24. The summed E-state index contributed by atoms with van der Waals surface area (Å²) >= 11 is 0. The number of hydrogen-bond acceptors (Lipinski definition) is 7. The van der Waals surface area contributed by atoms with E-state index < -0.39 is 5.97 Å². The average molecular weight is 386 g/mol. The van der Waals surface area contributed by atoms with Gasteiger partial charge in [0.25, 0.3) is 0 Å². The number of oxime groups is 1. The Balaban J connectivity index is 2.11. The molecule has 0 amide bonds. The van der Waals surface area contributed by atoms with Crippen molar-refractivity contribution >= 4 is 23.2 Å². The second-order valence-electron chi connectivity index (χ2n) is 6.60. The molecule has 1 unspecified atom stereocenters. The van der Waals surface area contributed by atoms with Gasteiger partial charge in [-0.3, -0.25) is 4.79 Å². The molecule has 0 saturated carbocycles. The van der Waals surface area contributed by atoms with Crippen molar-refractivity contribution in [2.45, 2.75) is 27.2 Å². The van der Waals surface area contributed by atoms with Crippen molar-refractivity contribution in [3.63, 3.8) is 0 Å². The largest absolute Gasteiger partial charge is 0.496 e. The van der Waals surface area contributed by atoms with Crippen LogP contribution in [0.1, 0.15) is 37.6 Å². The van der Waals surface area contributed by atoms with Gasteiger partial charge in [0, 0.05) is 43.3 Å². The molecule has 1 atom stereocenters. The number of allylic oxidation sites excluding steroid dienone is 4. The Morgan fingerprint density at radius 2 is 1.89 bits per heavy atom. The van der Waals surface area contributed by atoms with E-state index in [-0.39, 0.29) is 24.0 Å². The average Bonchev–Trinajstić information content (AvgIpc) is 2.69. The molecule has 0 aliphatic heterocycles. The van der Waals surface area contributed by atoms with Gasteiger partial charge in [-0.1, -0.05) is 12.1 Å². The summed E-state index contributed by atoms with van der Waals surface area (Å²) in [5.41, 5.74) is 2.65. The van der Waals surface area contributed by atoms with Crippen LogP contribution in [0.4, 0.5) is 5.69 Å². The number of hydrogen-bond donors (Lipinski definition) is 1. The van der Waals surface area contributed by atoms with E-state index in [4.69, 9.17) is 9.84 Å². The lowest BCUT2D eigenvalue weighted by Gasteiger charge is -2.30. The predicted octanol–water partition coefficient (Wildman–Crippen LogP) is 3.06. The first-order chi connectivity index (χ1) is 13.3. The second kappa shape index (κ2) is 9.85. The van der Waals surface area contributed by atoms with Crippen molar-refractivity contribution in [3.8, 4) is 0 Å². The van der Waals surface area contributed by atoms with E-state index in [0.29, 0.717) is 12.2 Å². The fourth-order valence-electron chi connectivity index (χ4n) is 2.91. The van der Waals surface area contributed by atoms with Crippen LogP contribution in [0.5, 0.6) is 0 Å². The van der Waals surface area contributed by atoms with Crippen LogP contribution in [0.25, 0.3) is 0 Å². The number of Topliss-reactive ketones (excluding diaryl/α,β-unsaturated/α-hetero) is 1. The van der Waals surface area contributed by atoms with Gasteiger partial charge in [-0.05, 0) is 43.3 Å². The number of nitrogens with zero attached hydrogens (tertiary/aromatic N) is 2. The van der Waals surface area contributed by atoms with Crippen molar-refractivity contribution in [1.82, 2.24) is 0 Å². The molecule has 0 aromatic heterocycles. The van der Waals surface area contributed by atoms with Gasteiger partial charge in [0.1, 0.15) is 12.3 Å². The maximum atomic E-state index is 12.3. The van der Waals surface area contributed by atoms with Crippen LogP contribution in [0.15, 0.2) is 53.0 Å². The molecule has 7 nitrogen and oxygen atoms in total. The minimum absolute atomic E-state index is 0.00166. The molecule has 0 saturated heterocycles. The standard InChI is InChI=1S/C21H26N2O5/c1-14-13-19(27-12-11-24)9-10-20(14)23(4)18-7-5-17(6-8-18)21(26)15(2)22-28-16(3)25/h5-10,14,24H,11-13H2,1-4H3/b22-15+. The summed E-state index contributed by atoms with van der Waals surface area (Å²) in [4.78, 5) is 29.7. The van der Waals surface area contributed by atoms with Crippen molar-refractivity contribution in [1.29, 1.82) is 0 Å². The molecule has 7 heteroatoms. The maximum absolute atomic E-state index is 12.3. The third-order valence-electron chi connectivity index (χ3n) is 4.37. The van der Waals surface area contributed by atoms with Crippen LogP contribution in [0.2, 0.25) is 0 Å². The molecule has 1 aromatic rings. The first-order valence-corrected chi connectivity index (χ1v) is 9.08. The van der Waals surface area contributed by atoms with Crippen LogP contribution in [0.3, 0.4) is 0 Å². The number of benzene rings is 1. The Bertz CT molecular complexity index is 809. The summed E-state index contributed by atoms with van der Waals surface area (Å²) in [5.74, 6) is 0.248. The zero-order valence-corrected chi connectivity index (χ0v) is 16.6. The molecular weight excluding hydrogens is 360 g/mol. The Labute approximate surface area is 164 Å². The highest BCUT2D eigenvalue weighted by atomic mass is 16.7. The fraction of sp³-hybridized carbons (Fsp3) is 0.381. The number of rotatable bonds is 8. The van der Waals surface area contributed by atoms with Gasteiger partial charge >= 0.3 is 5.97 Å². The van der Waals surface area contributed by atoms with Crippen LogP contribution in [-0.4, -0.2) is 42.8 Å². The summed E-state index contributed by atoms with van der Waals surface area (Å²) in [6, 6.07) is 7.17. The van der Waals surface area contributed by atoms with E-state index in [1.54, 1.807) is 12.1 Å². The van der Waals surface area contributed by atoms with E-state index in [2.05, 4.69) is 21.8 Å². The molecule has 1 aliphatic carbocycles. The number of aliphatic hydroxyl groups excluding tert-OH is 1. The maximum Gasteiger partial charge on any atom is 0.331 e. The van der Waals surface area contributed by atoms with Gasteiger partial charge in [-0.25, -0.2) is 4.79 Å². The van der Waals surface area contributed by atoms with Gasteiger partial charge in [-0.15, -0.1) is 0 Å². The van der Waals surface area contributed by atoms with Crippen molar-refractivity contribution in [2.75, 3.05) is 25.2 Å². The molecular formula is C21H26N2O5. The molecule has 0 bridgehead atoms. The molecule has 28 heavy (non-hydrogen) atoms. The van der Waals surface area contributed by atoms with E-state index in [0.717, 1.165) is 23.6 Å². The van der Waals surface area contributed by atoms with Crippen LogP contribution in [0, 0.1) is 5.92 Å². The molecule has 0 spiro atoms. The molecule has 1 N–H and O–H groups in total. The number of anilines is 1. The normalized spacial score (nSPS) is 16.8. The number of carbonyl (C=O) groups is 2. The summed E-state index contributed by atoms with van der Waals surface area (Å²) in [7, 11) is 1.97. The zero-order valence-electron chi connectivity index (χ0n) is 16.6. The quantitative estimate of drug-likeness (QED) is 0.320. The van der Waals surface area contributed by atoms with Gasteiger partial charge in [-0.2, -0.15) is 0 Å². The Morgan fingerprint density at radius 3 is 2.46 bits per heavy atom. The van der Waals surface area contributed by atoms with Crippen molar-refractivity contribution < 1.29 is 24.3 Å². The number of ether oxygens (including phenoxy) is 1. The third-order valence-corrected chi connectivity index (χ3v) is 4.37. The van der Waals surface area contributed by atoms with Gasteiger partial charge in [0.05, 0.1) is 12.4 Å². The van der Waals surface area contributed by atoms with Gasteiger partial charge in [0.15, 0.2) is 0 Å². The molecule has 1 aliphatic rings. The highest BCUT2D eigenvalue weighted by molar-refractivity contribution is 6.45. The van der Waals surface area contributed by atoms with Crippen molar-refractivity contribution in [2.24, 2.45) is 11.1 Å². The summed E-state index contributed by atoms with van der Waals surface area (Å²) in [5, 5.41) is 12.4. The smallest absolute Gasteiger partial charge is 0.331 e.